The second-order valence-corrected chi connectivity index (χ2v) is 3.41. The summed E-state index contributed by atoms with van der Waals surface area (Å²) in [6.07, 6.45) is 0. The molecule has 1 N–H and O–H groups in total. The summed E-state index contributed by atoms with van der Waals surface area (Å²) >= 11 is 0. The molecule has 0 saturated heterocycles. The van der Waals surface area contributed by atoms with E-state index >= 15 is 0 Å². The van der Waals surface area contributed by atoms with Crippen LogP contribution in [0.1, 0.15) is 15.9 Å². The first kappa shape index (κ1) is 10.4. The summed E-state index contributed by atoms with van der Waals surface area (Å²) in [6.45, 7) is 0.277. The van der Waals surface area contributed by atoms with Gasteiger partial charge in [-0.2, -0.15) is 0 Å². The van der Waals surface area contributed by atoms with Crippen molar-refractivity contribution < 1.29 is 14.6 Å². The number of hydrogen-bond acceptors (Lipinski definition) is 4. The number of hydroxylamine groups is 3. The van der Waals surface area contributed by atoms with Crippen molar-refractivity contribution in [3.63, 3.8) is 0 Å². The Hall–Kier alpha value is -2.08. The highest BCUT2D eigenvalue weighted by Gasteiger charge is 2.22. The highest BCUT2D eigenvalue weighted by Crippen LogP contribution is 2.11. The standard InChI is InChI=1S/C10H9N2O4/c13-10(14)8-3-1-7(2-4-8)9-11(15)5-6-12(9)16/h1-4H,5-6H2,(H,13,14)/q-1. The van der Waals surface area contributed by atoms with E-state index in [1.165, 1.54) is 24.3 Å². The van der Waals surface area contributed by atoms with Gasteiger partial charge in [0.25, 0.3) is 5.84 Å². The number of aromatic carboxylic acids is 1. The normalized spacial score (nSPS) is 15.7. The lowest BCUT2D eigenvalue weighted by atomic mass is 10.1. The zero-order valence-corrected chi connectivity index (χ0v) is 8.29. The predicted octanol–water partition coefficient (Wildman–Crippen LogP) is 0.455. The van der Waals surface area contributed by atoms with E-state index in [2.05, 4.69) is 0 Å². The molecule has 1 aliphatic heterocycles. The van der Waals surface area contributed by atoms with Gasteiger partial charge in [0.15, 0.2) is 0 Å². The second-order valence-electron chi connectivity index (χ2n) is 3.41. The molecule has 1 aromatic rings. The summed E-state index contributed by atoms with van der Waals surface area (Å²) in [5.41, 5.74) is 0.560. The van der Waals surface area contributed by atoms with Crippen molar-refractivity contribution >= 4 is 11.8 Å². The van der Waals surface area contributed by atoms with E-state index in [4.69, 9.17) is 5.11 Å². The molecule has 0 fully saturated rings. The van der Waals surface area contributed by atoms with Crippen LogP contribution >= 0.6 is 0 Å². The first-order valence-corrected chi connectivity index (χ1v) is 4.69. The fourth-order valence-corrected chi connectivity index (χ4v) is 1.57. The van der Waals surface area contributed by atoms with Crippen LogP contribution in [0.4, 0.5) is 0 Å². The molecule has 0 radical (unpaired) electrons. The molecule has 0 saturated carbocycles. The van der Waals surface area contributed by atoms with Crippen LogP contribution in [0.25, 0.3) is 0 Å². The van der Waals surface area contributed by atoms with Crippen LogP contribution in [-0.4, -0.2) is 39.8 Å². The minimum atomic E-state index is -1.04. The summed E-state index contributed by atoms with van der Waals surface area (Å²) in [5, 5.41) is 32.0. The second kappa shape index (κ2) is 3.82. The predicted molar refractivity (Wildman–Crippen MR) is 56.1 cm³/mol. The molecule has 1 aliphatic rings. The molecule has 0 aliphatic carbocycles. The SMILES string of the molecule is O=C(O)c1ccc(C2=[N+]([O-])CCN2[O-])cc1. The summed E-state index contributed by atoms with van der Waals surface area (Å²) < 4.78 is 0.614. The molecular weight excluding hydrogens is 212 g/mol. The van der Waals surface area contributed by atoms with E-state index in [0.29, 0.717) is 15.4 Å². The van der Waals surface area contributed by atoms with Crippen LogP contribution in [0, 0.1) is 10.4 Å². The smallest absolute Gasteiger partial charge is 0.335 e. The molecule has 1 heterocycles. The Kier molecular flexibility index (Phi) is 2.49. The number of rotatable bonds is 2. The minimum absolute atomic E-state index is 0.0388. The zero-order valence-electron chi connectivity index (χ0n) is 8.29. The largest absolute Gasteiger partial charge is 0.715 e. The number of nitrogens with zero attached hydrogens (tertiary/aromatic N) is 2. The van der Waals surface area contributed by atoms with Crippen LogP contribution in [0.5, 0.6) is 0 Å². The number of amidine groups is 1. The quantitative estimate of drug-likeness (QED) is 0.578. The van der Waals surface area contributed by atoms with Gasteiger partial charge in [-0.25, -0.2) is 4.79 Å². The molecule has 0 spiro atoms. The molecule has 0 bridgehead atoms. The third kappa shape index (κ3) is 1.70. The maximum atomic E-state index is 11.3. The Labute approximate surface area is 91.2 Å². The van der Waals surface area contributed by atoms with Gasteiger partial charge in [0.2, 0.25) is 0 Å². The molecule has 84 valence electrons. The van der Waals surface area contributed by atoms with Gasteiger partial charge in [-0.15, -0.1) is 0 Å². The third-order valence-corrected chi connectivity index (χ3v) is 2.37. The lowest BCUT2D eigenvalue weighted by Crippen LogP contribution is -2.23. The van der Waals surface area contributed by atoms with Gasteiger partial charge in [0.1, 0.15) is 13.1 Å². The van der Waals surface area contributed by atoms with Gasteiger partial charge >= 0.3 is 5.97 Å². The zero-order chi connectivity index (χ0) is 11.7. The molecule has 6 heteroatoms. The molecule has 0 aromatic heterocycles. The number of carboxylic acid groups (broad SMARTS) is 1. The van der Waals surface area contributed by atoms with Crippen LogP contribution in [0.2, 0.25) is 0 Å². The van der Waals surface area contributed by atoms with Crippen LogP contribution in [0.15, 0.2) is 24.3 Å². The van der Waals surface area contributed by atoms with Crippen molar-refractivity contribution in [3.8, 4) is 0 Å². The van der Waals surface area contributed by atoms with Gasteiger partial charge in [-0.1, -0.05) is 0 Å². The highest BCUT2D eigenvalue weighted by molar-refractivity contribution is 5.97. The Balaban J connectivity index is 2.35. The molecule has 1 aromatic carbocycles. The topological polar surface area (TPSA) is 89.7 Å². The number of carbonyl (C=O) groups is 1. The summed E-state index contributed by atoms with van der Waals surface area (Å²) in [7, 11) is 0. The van der Waals surface area contributed by atoms with E-state index in [9.17, 15) is 15.2 Å². The van der Waals surface area contributed by atoms with Crippen LogP contribution < -0.4 is 0 Å². The van der Waals surface area contributed by atoms with Gasteiger partial charge in [0, 0.05) is 0 Å². The van der Waals surface area contributed by atoms with Crippen LogP contribution in [0.3, 0.4) is 0 Å². The molecule has 0 amide bonds. The maximum absolute atomic E-state index is 11.3. The lowest BCUT2D eigenvalue weighted by Gasteiger charge is -2.16. The van der Waals surface area contributed by atoms with Crippen molar-refractivity contribution in [1.29, 1.82) is 0 Å². The Morgan fingerprint density at radius 3 is 2.44 bits per heavy atom. The van der Waals surface area contributed by atoms with Gasteiger partial charge in [-0.3, -0.25) is 4.74 Å². The van der Waals surface area contributed by atoms with Crippen molar-refractivity contribution in [3.05, 3.63) is 45.8 Å². The third-order valence-electron chi connectivity index (χ3n) is 2.37. The Bertz CT molecular complexity index is 452. The fourth-order valence-electron chi connectivity index (χ4n) is 1.57. The monoisotopic (exact) mass is 221 g/mol. The summed E-state index contributed by atoms with van der Waals surface area (Å²) in [4.78, 5) is 10.6. The van der Waals surface area contributed by atoms with Crippen molar-refractivity contribution in [2.75, 3.05) is 13.1 Å². The van der Waals surface area contributed by atoms with Gasteiger partial charge < -0.3 is 20.6 Å². The average Bonchev–Trinajstić information content (AvgIpc) is 2.59. The average molecular weight is 221 g/mol. The van der Waals surface area contributed by atoms with Gasteiger partial charge in [-0.05, 0) is 24.3 Å². The highest BCUT2D eigenvalue weighted by atomic mass is 16.5. The minimum Gasteiger partial charge on any atom is -0.715 e. The first-order valence-electron chi connectivity index (χ1n) is 4.69. The number of carboxylic acids is 1. The number of benzene rings is 1. The maximum Gasteiger partial charge on any atom is 0.335 e. The van der Waals surface area contributed by atoms with Crippen LogP contribution in [-0.2, 0) is 0 Å². The van der Waals surface area contributed by atoms with Crippen molar-refractivity contribution in [2.45, 2.75) is 0 Å². The molecule has 0 unspecified atom stereocenters. The first-order chi connectivity index (χ1) is 7.59. The van der Waals surface area contributed by atoms with Crippen molar-refractivity contribution in [1.82, 2.24) is 5.06 Å². The Morgan fingerprint density at radius 2 is 2.00 bits per heavy atom. The summed E-state index contributed by atoms with van der Waals surface area (Å²) in [6, 6.07) is 5.65. The summed E-state index contributed by atoms with van der Waals surface area (Å²) in [5.74, 6) is -1.00. The molecule has 16 heavy (non-hydrogen) atoms. The van der Waals surface area contributed by atoms with E-state index in [-0.39, 0.29) is 24.5 Å². The van der Waals surface area contributed by atoms with E-state index in [1.807, 2.05) is 0 Å². The molecular formula is C10H9N2O4-. The lowest BCUT2D eigenvalue weighted by molar-refractivity contribution is -0.445. The van der Waals surface area contributed by atoms with Gasteiger partial charge in [0.05, 0.1) is 11.1 Å². The fraction of sp³-hybridized carbons (Fsp3) is 0.200. The Morgan fingerprint density at radius 1 is 1.38 bits per heavy atom. The van der Waals surface area contributed by atoms with Crippen molar-refractivity contribution in [2.24, 2.45) is 0 Å². The molecule has 6 nitrogen and oxygen atoms in total. The molecule has 0 atom stereocenters. The van der Waals surface area contributed by atoms with E-state index < -0.39 is 5.97 Å². The number of hydrogen-bond donors (Lipinski definition) is 1. The molecule has 2 rings (SSSR count). The van der Waals surface area contributed by atoms with E-state index in [0.717, 1.165) is 0 Å². The van der Waals surface area contributed by atoms with E-state index in [1.54, 1.807) is 0 Å².